The van der Waals surface area contributed by atoms with Crippen molar-refractivity contribution < 1.29 is 38.9 Å². The Bertz CT molecular complexity index is 2580. The first-order valence-corrected chi connectivity index (χ1v) is 24.9. The lowest BCUT2D eigenvalue weighted by Crippen LogP contribution is -2.43. The van der Waals surface area contributed by atoms with Gasteiger partial charge in [0.1, 0.15) is 11.5 Å². The number of ether oxygens (including phenoxy) is 2. The number of hydrogen-bond donors (Lipinski definition) is 4. The summed E-state index contributed by atoms with van der Waals surface area (Å²) in [6.45, 7) is 4.65. The highest BCUT2D eigenvalue weighted by Gasteiger charge is 2.42. The molecule has 0 radical (unpaired) electrons. The third kappa shape index (κ3) is 11.4. The number of aliphatic carboxylic acids is 2. The molecule has 0 bridgehead atoms. The molecule has 3 aromatic carbocycles. The van der Waals surface area contributed by atoms with Gasteiger partial charge >= 0.3 is 11.9 Å². The topological polar surface area (TPSA) is 223 Å². The van der Waals surface area contributed by atoms with Gasteiger partial charge in [0.25, 0.3) is 11.9 Å². The Balaban J connectivity index is 0.725. The first-order chi connectivity index (χ1) is 31.3. The maximum Gasteiger partial charge on any atom is 0.353 e. The zero-order valence-electron chi connectivity index (χ0n) is 38.1. The molecule has 1 aliphatic rings. The van der Waals surface area contributed by atoms with E-state index >= 15 is 0 Å². The van der Waals surface area contributed by atoms with Crippen molar-refractivity contribution in [1.29, 1.82) is 0 Å². The Kier molecular flexibility index (Phi) is 17.6. The Labute approximate surface area is 384 Å². The van der Waals surface area contributed by atoms with Crippen molar-refractivity contribution in [3.05, 3.63) is 55.6 Å². The number of nitrogens with two attached hydrogens (primary N) is 2. The van der Waals surface area contributed by atoms with Crippen LogP contribution in [0.4, 0.5) is 11.4 Å². The molecule has 3 heterocycles. The van der Waals surface area contributed by atoms with Crippen LogP contribution >= 0.6 is 11.8 Å². The van der Waals surface area contributed by atoms with Crippen molar-refractivity contribution in [1.82, 2.24) is 9.13 Å². The summed E-state index contributed by atoms with van der Waals surface area (Å²) in [6, 6.07) is 5.00. The number of unbranched alkanes of at least 4 members (excludes halogenated alkanes) is 18. The lowest BCUT2D eigenvalue weighted by molar-refractivity contribution is -0.149. The maximum atomic E-state index is 12.6. The number of nitrogens with zero attached hydrogens (tertiary/aromatic N) is 2. The predicted molar refractivity (Wildman–Crippen MR) is 259 cm³/mol. The summed E-state index contributed by atoms with van der Waals surface area (Å²) in [6.07, 6.45) is 22.5. The highest BCUT2D eigenvalue weighted by Crippen LogP contribution is 2.42. The van der Waals surface area contributed by atoms with Gasteiger partial charge in [0, 0.05) is 29.9 Å². The van der Waals surface area contributed by atoms with E-state index in [1.165, 1.54) is 114 Å². The largest absolute Gasteiger partial charge is 0.480 e. The molecule has 14 nitrogen and oxygen atoms in total. The normalized spacial score (nSPS) is 14.0. The number of nitrogen functional groups attached to an aromatic ring is 2. The van der Waals surface area contributed by atoms with Crippen LogP contribution in [0.1, 0.15) is 150 Å². The van der Waals surface area contributed by atoms with Gasteiger partial charge in [0.15, 0.2) is 6.61 Å². The zero-order chi connectivity index (χ0) is 46.6. The second-order valence-electron chi connectivity index (χ2n) is 17.7. The van der Waals surface area contributed by atoms with Crippen LogP contribution in [0.3, 0.4) is 0 Å². The standard InChI is InChI=1S/C50H66N4O10S/c1-31-41(51)39-35(24-23-33-43(57)46(60)49(50(61)62)64-47(33)39)53(31)25-19-15-11-7-3-5-9-13-17-21-27-65-28-22-18-14-10-6-4-8-12-16-20-26-54-32(2)42(52)40-36(54)29-34-38(45(59)44(34)58)48(40)63-30-37(55)56/h23-24,29,49H,3-22,25-28,30,51-52H2,1-2H3,(H,55,56)(H,61,62). The number of rotatable bonds is 30. The number of ketones is 2. The minimum atomic E-state index is -1.85. The van der Waals surface area contributed by atoms with Crippen LogP contribution in [0.2, 0.25) is 0 Å². The first-order valence-electron chi connectivity index (χ1n) is 23.7. The summed E-state index contributed by atoms with van der Waals surface area (Å²) in [7, 11) is 0. The Morgan fingerprint density at radius 2 is 1.12 bits per heavy atom. The summed E-state index contributed by atoms with van der Waals surface area (Å²) < 4.78 is 15.2. The summed E-state index contributed by atoms with van der Waals surface area (Å²) in [5, 5.41) is 20.0. The van der Waals surface area contributed by atoms with Crippen molar-refractivity contribution in [2.75, 3.05) is 29.6 Å². The van der Waals surface area contributed by atoms with Gasteiger partial charge in [-0.15, -0.1) is 0 Å². The fourth-order valence-electron chi connectivity index (χ4n) is 9.39. The van der Waals surface area contributed by atoms with Gasteiger partial charge < -0.3 is 40.3 Å². The molecule has 1 unspecified atom stereocenters. The first kappa shape index (κ1) is 49.1. The highest BCUT2D eigenvalue weighted by molar-refractivity contribution is 7.99. The van der Waals surface area contributed by atoms with Gasteiger partial charge in [-0.3, -0.25) is 19.2 Å². The van der Waals surface area contributed by atoms with E-state index in [-0.39, 0.29) is 27.8 Å². The number of carbonyl (C=O) groups is 4. The molecule has 2 aromatic heterocycles. The minimum Gasteiger partial charge on any atom is -0.480 e. The Morgan fingerprint density at radius 3 is 1.63 bits per heavy atom. The molecular weight excluding hydrogens is 849 g/mol. The quantitative estimate of drug-likeness (QED) is 0.0192. The van der Waals surface area contributed by atoms with E-state index in [1.54, 1.807) is 12.1 Å². The molecule has 0 saturated heterocycles. The van der Waals surface area contributed by atoms with Crippen LogP contribution in [0.5, 0.6) is 11.5 Å². The van der Waals surface area contributed by atoms with Gasteiger partial charge in [0.2, 0.25) is 16.6 Å². The van der Waals surface area contributed by atoms with E-state index in [1.807, 2.05) is 13.8 Å². The predicted octanol–water partition coefficient (Wildman–Crippen LogP) is 9.42. The van der Waals surface area contributed by atoms with Crippen molar-refractivity contribution in [2.24, 2.45) is 0 Å². The van der Waals surface area contributed by atoms with Crippen LogP contribution in [0, 0.1) is 13.8 Å². The third-order valence-corrected chi connectivity index (χ3v) is 14.3. The number of carboxylic acid groups (broad SMARTS) is 2. The van der Waals surface area contributed by atoms with Crippen molar-refractivity contribution >= 4 is 79.2 Å². The molecule has 352 valence electrons. The molecule has 15 heteroatoms. The summed E-state index contributed by atoms with van der Waals surface area (Å²) in [5.41, 5.74) is 15.7. The number of Topliss-reactive ketones (excluding diaryl/α,β-unsaturated/α-hetero) is 2. The van der Waals surface area contributed by atoms with Gasteiger partial charge in [-0.25, -0.2) is 9.59 Å². The molecule has 1 atom stereocenters. The van der Waals surface area contributed by atoms with Crippen LogP contribution in [0.15, 0.2) is 27.8 Å². The van der Waals surface area contributed by atoms with Gasteiger partial charge in [-0.1, -0.05) is 103 Å². The number of fused-ring (bicyclic) bond motifs is 5. The van der Waals surface area contributed by atoms with E-state index in [9.17, 15) is 33.9 Å². The number of anilines is 2. The zero-order valence-corrected chi connectivity index (χ0v) is 38.9. The molecular formula is C50H66N4O10S. The van der Waals surface area contributed by atoms with Crippen molar-refractivity contribution in [2.45, 2.75) is 161 Å². The van der Waals surface area contributed by atoms with E-state index in [4.69, 9.17) is 26.0 Å². The van der Waals surface area contributed by atoms with E-state index in [0.29, 0.717) is 27.7 Å². The molecule has 6 rings (SSSR count). The summed E-state index contributed by atoms with van der Waals surface area (Å²) in [5.74, 6) is -1.90. The molecule has 0 aliphatic carbocycles. The van der Waals surface area contributed by atoms with Crippen LogP contribution in [-0.4, -0.2) is 67.1 Å². The van der Waals surface area contributed by atoms with Crippen LogP contribution in [0.25, 0.3) is 32.6 Å². The number of hydrogen-bond acceptors (Lipinski definition) is 11. The summed E-state index contributed by atoms with van der Waals surface area (Å²) in [4.78, 5) is 72.1. The average molecular weight is 915 g/mol. The number of aromatic nitrogens is 2. The number of aryl methyl sites for hydroxylation is 2. The molecule has 0 saturated carbocycles. The van der Waals surface area contributed by atoms with E-state index in [2.05, 4.69) is 20.9 Å². The summed E-state index contributed by atoms with van der Waals surface area (Å²) >= 11 is 2.10. The third-order valence-electron chi connectivity index (χ3n) is 13.1. The lowest BCUT2D eigenvalue weighted by Gasteiger charge is -2.22. The Morgan fingerprint density at radius 1 is 0.646 bits per heavy atom. The number of carboxylic acids is 2. The van der Waals surface area contributed by atoms with E-state index < -0.39 is 47.1 Å². The van der Waals surface area contributed by atoms with Gasteiger partial charge in [-0.2, -0.15) is 11.8 Å². The molecule has 0 spiro atoms. The monoisotopic (exact) mass is 914 g/mol. The smallest absolute Gasteiger partial charge is 0.353 e. The maximum absolute atomic E-state index is 12.6. The Hall–Kier alpha value is -5.31. The van der Waals surface area contributed by atoms with Crippen LogP contribution in [-0.2, 0) is 27.5 Å². The van der Waals surface area contributed by atoms with E-state index in [0.717, 1.165) is 62.1 Å². The fourth-order valence-corrected chi connectivity index (χ4v) is 10.4. The second kappa shape index (κ2) is 23.2. The number of carbonyl (C=O) groups excluding carboxylic acids is 2. The second-order valence-corrected chi connectivity index (χ2v) is 18.9. The van der Waals surface area contributed by atoms with Crippen molar-refractivity contribution in [3.8, 4) is 11.5 Å². The molecule has 0 amide bonds. The molecule has 6 N–H and O–H groups in total. The average Bonchev–Trinajstić information content (AvgIpc) is 3.68. The number of thioether (sulfide) groups is 1. The van der Waals surface area contributed by atoms with Crippen molar-refractivity contribution in [3.63, 3.8) is 0 Å². The van der Waals surface area contributed by atoms with Crippen LogP contribution < -0.4 is 31.8 Å². The molecule has 5 aromatic rings. The van der Waals surface area contributed by atoms with Gasteiger partial charge in [0.05, 0.1) is 44.1 Å². The van der Waals surface area contributed by atoms with Gasteiger partial charge in [-0.05, 0) is 69.2 Å². The lowest BCUT2D eigenvalue weighted by atomic mass is 9.97. The fraction of sp³-hybridized carbons (Fsp3) is 0.560. The molecule has 65 heavy (non-hydrogen) atoms. The number of benzene rings is 2. The minimum absolute atomic E-state index is 0.0577. The molecule has 1 aliphatic heterocycles. The molecule has 0 fully saturated rings. The highest BCUT2D eigenvalue weighted by atomic mass is 32.2. The SMILES string of the molecule is Cc1c(N)c2c3c(ccc2n1CCCCCCCCCCCCSCCCCCCCCCCCCn1c(C)c(N)c2c(OCC(=O)O)c4c(=O)c(=O)c4cc21)C(=O)C(=O)C(C(=O)O)O3.